The zero-order valence-corrected chi connectivity index (χ0v) is 10.9. The average molecular weight is 266 g/mol. The standard InChI is InChI=1S/C12H14N2OS2/c13-11(16)5-6-14-12(15)10-7-8-3-1-2-4-9(8)17-10/h1-4,10H,5-7H2,(H2,13,16)(H,14,15). The number of benzene rings is 1. The molecule has 17 heavy (non-hydrogen) atoms. The molecule has 0 saturated heterocycles. The highest BCUT2D eigenvalue weighted by molar-refractivity contribution is 8.01. The van der Waals surface area contributed by atoms with Gasteiger partial charge in [-0.25, -0.2) is 0 Å². The van der Waals surface area contributed by atoms with E-state index in [4.69, 9.17) is 18.0 Å². The van der Waals surface area contributed by atoms with Crippen LogP contribution in [0.1, 0.15) is 12.0 Å². The Bertz CT molecular complexity index is 423. The summed E-state index contributed by atoms with van der Waals surface area (Å²) in [7, 11) is 0. The molecule has 1 atom stereocenters. The van der Waals surface area contributed by atoms with Gasteiger partial charge in [-0.2, -0.15) is 0 Å². The SMILES string of the molecule is NC(=S)CCNC(=O)C1Cc2ccccc2S1. The Balaban J connectivity index is 1.86. The van der Waals surface area contributed by atoms with E-state index in [2.05, 4.69) is 17.4 Å². The van der Waals surface area contributed by atoms with Crippen molar-refractivity contribution in [3.63, 3.8) is 0 Å². The van der Waals surface area contributed by atoms with Crippen LogP contribution in [-0.2, 0) is 11.2 Å². The van der Waals surface area contributed by atoms with E-state index in [1.807, 2.05) is 12.1 Å². The minimum Gasteiger partial charge on any atom is -0.393 e. The molecule has 3 N–H and O–H groups in total. The molecule has 1 unspecified atom stereocenters. The molecule has 3 nitrogen and oxygen atoms in total. The summed E-state index contributed by atoms with van der Waals surface area (Å²) in [6.45, 7) is 0.529. The first kappa shape index (κ1) is 12.4. The number of rotatable bonds is 4. The first-order valence-electron chi connectivity index (χ1n) is 5.47. The maximum Gasteiger partial charge on any atom is 0.233 e. The van der Waals surface area contributed by atoms with Crippen molar-refractivity contribution >= 4 is 34.9 Å². The van der Waals surface area contributed by atoms with Gasteiger partial charge >= 0.3 is 0 Å². The van der Waals surface area contributed by atoms with Crippen molar-refractivity contribution < 1.29 is 4.79 Å². The second-order valence-electron chi connectivity index (χ2n) is 3.93. The van der Waals surface area contributed by atoms with Crippen LogP contribution in [0.3, 0.4) is 0 Å². The van der Waals surface area contributed by atoms with Crippen LogP contribution in [0.5, 0.6) is 0 Å². The number of fused-ring (bicyclic) bond motifs is 1. The van der Waals surface area contributed by atoms with Gasteiger partial charge in [-0.1, -0.05) is 30.4 Å². The first-order chi connectivity index (χ1) is 8.16. The van der Waals surface area contributed by atoms with Crippen LogP contribution in [-0.4, -0.2) is 22.7 Å². The van der Waals surface area contributed by atoms with Crippen LogP contribution in [0, 0.1) is 0 Å². The minimum absolute atomic E-state index is 0.0151. The van der Waals surface area contributed by atoms with Crippen molar-refractivity contribution in [2.45, 2.75) is 23.0 Å². The summed E-state index contributed by atoms with van der Waals surface area (Å²) in [4.78, 5) is 13.5. The maximum absolute atomic E-state index is 11.9. The Kier molecular flexibility index (Phi) is 4.02. The summed E-state index contributed by atoms with van der Waals surface area (Å²) in [5, 5.41) is 2.85. The molecule has 0 spiro atoms. The van der Waals surface area contributed by atoms with Crippen molar-refractivity contribution in [3.8, 4) is 0 Å². The molecule has 0 bridgehead atoms. The largest absolute Gasteiger partial charge is 0.393 e. The average Bonchev–Trinajstić information content (AvgIpc) is 2.71. The molecule has 1 aromatic carbocycles. The molecular weight excluding hydrogens is 252 g/mol. The molecule has 5 heteroatoms. The van der Waals surface area contributed by atoms with Gasteiger partial charge in [0.15, 0.2) is 0 Å². The summed E-state index contributed by atoms with van der Waals surface area (Å²) < 4.78 is 0. The Hall–Kier alpha value is -1.07. The third-order valence-electron chi connectivity index (χ3n) is 2.61. The van der Waals surface area contributed by atoms with Gasteiger partial charge in [0.25, 0.3) is 0 Å². The zero-order valence-electron chi connectivity index (χ0n) is 9.31. The first-order valence-corrected chi connectivity index (χ1v) is 6.76. The number of carbonyl (C=O) groups is 1. The number of hydrogen-bond acceptors (Lipinski definition) is 3. The topological polar surface area (TPSA) is 55.1 Å². The number of amides is 1. The van der Waals surface area contributed by atoms with Crippen molar-refractivity contribution in [1.29, 1.82) is 0 Å². The van der Waals surface area contributed by atoms with E-state index in [1.165, 1.54) is 10.5 Å². The van der Waals surface area contributed by atoms with E-state index in [1.54, 1.807) is 11.8 Å². The maximum atomic E-state index is 11.9. The van der Waals surface area contributed by atoms with Crippen LogP contribution >= 0.6 is 24.0 Å². The smallest absolute Gasteiger partial charge is 0.233 e. The van der Waals surface area contributed by atoms with E-state index < -0.39 is 0 Å². The zero-order chi connectivity index (χ0) is 12.3. The monoisotopic (exact) mass is 266 g/mol. The van der Waals surface area contributed by atoms with Crippen LogP contribution in [0.25, 0.3) is 0 Å². The summed E-state index contributed by atoms with van der Waals surface area (Å²) in [5.74, 6) is 0.0717. The molecule has 0 fully saturated rings. The highest BCUT2D eigenvalue weighted by Gasteiger charge is 2.27. The van der Waals surface area contributed by atoms with Crippen LogP contribution in [0.2, 0.25) is 0 Å². The molecule has 90 valence electrons. The summed E-state index contributed by atoms with van der Waals surface area (Å²) in [5.41, 5.74) is 6.63. The van der Waals surface area contributed by atoms with E-state index in [0.717, 1.165) is 6.42 Å². The molecule has 0 aliphatic carbocycles. The number of thioether (sulfide) groups is 1. The van der Waals surface area contributed by atoms with E-state index >= 15 is 0 Å². The van der Waals surface area contributed by atoms with E-state index in [-0.39, 0.29) is 11.2 Å². The van der Waals surface area contributed by atoms with Gasteiger partial charge in [0, 0.05) is 17.9 Å². The van der Waals surface area contributed by atoms with Crippen molar-refractivity contribution in [1.82, 2.24) is 5.32 Å². The number of carbonyl (C=O) groups excluding carboxylic acids is 1. The fourth-order valence-corrected chi connectivity index (χ4v) is 3.07. The Morgan fingerprint density at radius 1 is 1.53 bits per heavy atom. The number of thiocarbonyl (C=S) groups is 1. The molecule has 0 radical (unpaired) electrons. The Morgan fingerprint density at radius 3 is 3.00 bits per heavy atom. The summed E-state index contributed by atoms with van der Waals surface area (Å²) >= 11 is 6.39. The van der Waals surface area contributed by atoms with Gasteiger partial charge in [0.05, 0.1) is 10.2 Å². The lowest BCUT2D eigenvalue weighted by Crippen LogP contribution is -2.34. The molecule has 1 aromatic rings. The van der Waals surface area contributed by atoms with Gasteiger partial charge in [-0.3, -0.25) is 4.79 Å². The van der Waals surface area contributed by atoms with Crippen LogP contribution < -0.4 is 11.1 Å². The van der Waals surface area contributed by atoms with Gasteiger partial charge < -0.3 is 11.1 Å². The van der Waals surface area contributed by atoms with Gasteiger partial charge in [-0.05, 0) is 18.1 Å². The number of nitrogens with two attached hydrogens (primary N) is 1. The third kappa shape index (κ3) is 3.20. The van der Waals surface area contributed by atoms with Crippen LogP contribution in [0.15, 0.2) is 29.2 Å². The van der Waals surface area contributed by atoms with E-state index in [9.17, 15) is 4.79 Å². The van der Waals surface area contributed by atoms with Gasteiger partial charge in [0.2, 0.25) is 5.91 Å². The Labute approximate surface area is 110 Å². The third-order valence-corrected chi connectivity index (χ3v) is 4.13. The predicted octanol–water partition coefficient (Wildman–Crippen LogP) is 1.50. The lowest BCUT2D eigenvalue weighted by molar-refractivity contribution is -0.120. The van der Waals surface area contributed by atoms with Gasteiger partial charge in [-0.15, -0.1) is 11.8 Å². The molecule has 1 amide bonds. The highest BCUT2D eigenvalue weighted by Crippen LogP contribution is 2.36. The summed E-state index contributed by atoms with van der Waals surface area (Å²) in [6, 6.07) is 8.14. The molecular formula is C12H14N2OS2. The molecule has 1 heterocycles. The number of hydrogen-bond donors (Lipinski definition) is 2. The molecule has 1 aliphatic rings. The fraction of sp³-hybridized carbons (Fsp3) is 0.333. The quantitative estimate of drug-likeness (QED) is 0.811. The predicted molar refractivity (Wildman–Crippen MR) is 74.2 cm³/mol. The van der Waals surface area contributed by atoms with Crippen molar-refractivity contribution in [3.05, 3.63) is 29.8 Å². The highest BCUT2D eigenvalue weighted by atomic mass is 32.2. The lowest BCUT2D eigenvalue weighted by atomic mass is 10.1. The molecule has 0 aromatic heterocycles. The number of nitrogens with one attached hydrogen (secondary N) is 1. The fourth-order valence-electron chi connectivity index (χ4n) is 1.75. The molecule has 1 aliphatic heterocycles. The van der Waals surface area contributed by atoms with Gasteiger partial charge in [0.1, 0.15) is 0 Å². The Morgan fingerprint density at radius 2 is 2.29 bits per heavy atom. The molecule has 2 rings (SSSR count). The van der Waals surface area contributed by atoms with E-state index in [0.29, 0.717) is 18.0 Å². The van der Waals surface area contributed by atoms with Crippen molar-refractivity contribution in [2.75, 3.05) is 6.54 Å². The lowest BCUT2D eigenvalue weighted by Gasteiger charge is -2.09. The molecule has 0 saturated carbocycles. The minimum atomic E-state index is -0.0151. The summed E-state index contributed by atoms with van der Waals surface area (Å²) in [6.07, 6.45) is 1.37. The normalized spacial score (nSPS) is 17.5. The van der Waals surface area contributed by atoms with Crippen LogP contribution in [0.4, 0.5) is 0 Å². The second kappa shape index (κ2) is 5.51. The second-order valence-corrected chi connectivity index (χ2v) is 5.69. The van der Waals surface area contributed by atoms with Crippen molar-refractivity contribution in [2.24, 2.45) is 5.73 Å².